The standard InChI is InChI=1S/C15H21N3/c1-9-6-7-13(11(3)10(9)2)15-12(4)14(8-16-5)17-18-15/h6-7,16H,8H2,1-5H3,(H,17,18). The summed E-state index contributed by atoms with van der Waals surface area (Å²) in [5, 5.41) is 10.7. The van der Waals surface area contributed by atoms with Crippen molar-refractivity contribution in [1.82, 2.24) is 15.5 Å². The smallest absolute Gasteiger partial charge is 0.0955 e. The van der Waals surface area contributed by atoms with Crippen molar-refractivity contribution in [2.75, 3.05) is 7.05 Å². The van der Waals surface area contributed by atoms with E-state index in [0.717, 1.165) is 17.9 Å². The van der Waals surface area contributed by atoms with Gasteiger partial charge in [-0.1, -0.05) is 12.1 Å². The zero-order valence-corrected chi connectivity index (χ0v) is 11.8. The lowest BCUT2D eigenvalue weighted by molar-refractivity contribution is 0.779. The van der Waals surface area contributed by atoms with E-state index in [0.29, 0.717) is 0 Å². The summed E-state index contributed by atoms with van der Waals surface area (Å²) in [6.07, 6.45) is 0. The number of benzene rings is 1. The van der Waals surface area contributed by atoms with E-state index in [1.165, 1.54) is 27.8 Å². The van der Waals surface area contributed by atoms with E-state index in [1.54, 1.807) is 0 Å². The molecule has 0 aliphatic rings. The number of nitrogens with zero attached hydrogens (tertiary/aromatic N) is 1. The molecule has 2 N–H and O–H groups in total. The molecule has 0 radical (unpaired) electrons. The summed E-state index contributed by atoms with van der Waals surface area (Å²) >= 11 is 0. The topological polar surface area (TPSA) is 40.7 Å². The first-order valence-electron chi connectivity index (χ1n) is 6.32. The van der Waals surface area contributed by atoms with E-state index < -0.39 is 0 Å². The number of aryl methyl sites for hydroxylation is 1. The number of hydrogen-bond donors (Lipinski definition) is 2. The van der Waals surface area contributed by atoms with Crippen LogP contribution in [0.25, 0.3) is 11.3 Å². The van der Waals surface area contributed by atoms with Gasteiger partial charge in [-0.15, -0.1) is 0 Å². The Morgan fingerprint density at radius 2 is 1.78 bits per heavy atom. The molecule has 18 heavy (non-hydrogen) atoms. The Balaban J connectivity index is 2.53. The third kappa shape index (κ3) is 2.06. The van der Waals surface area contributed by atoms with Crippen LogP contribution < -0.4 is 5.32 Å². The Morgan fingerprint density at radius 3 is 2.44 bits per heavy atom. The number of aromatic amines is 1. The highest BCUT2D eigenvalue weighted by Crippen LogP contribution is 2.29. The Hall–Kier alpha value is -1.61. The normalized spacial score (nSPS) is 10.9. The second-order valence-corrected chi connectivity index (χ2v) is 4.89. The molecule has 0 bridgehead atoms. The molecule has 0 aliphatic heterocycles. The first-order valence-corrected chi connectivity index (χ1v) is 6.32. The number of nitrogens with one attached hydrogen (secondary N) is 2. The summed E-state index contributed by atoms with van der Waals surface area (Å²) in [4.78, 5) is 0. The van der Waals surface area contributed by atoms with E-state index >= 15 is 0 Å². The Morgan fingerprint density at radius 1 is 1.06 bits per heavy atom. The first kappa shape index (κ1) is 12.8. The number of rotatable bonds is 3. The first-order chi connectivity index (χ1) is 8.56. The predicted octanol–water partition coefficient (Wildman–Crippen LogP) is 3.03. The molecule has 96 valence electrons. The average molecular weight is 243 g/mol. The van der Waals surface area contributed by atoms with Gasteiger partial charge in [0.1, 0.15) is 0 Å². The quantitative estimate of drug-likeness (QED) is 0.870. The molecule has 0 saturated carbocycles. The minimum atomic E-state index is 0.822. The fraction of sp³-hybridized carbons (Fsp3) is 0.400. The maximum atomic E-state index is 4.47. The van der Waals surface area contributed by atoms with Gasteiger partial charge >= 0.3 is 0 Å². The van der Waals surface area contributed by atoms with Crippen LogP contribution in [-0.2, 0) is 6.54 Å². The molecule has 0 saturated heterocycles. The summed E-state index contributed by atoms with van der Waals surface area (Å²) in [7, 11) is 1.95. The van der Waals surface area contributed by atoms with Gasteiger partial charge in [-0.25, -0.2) is 0 Å². The zero-order valence-electron chi connectivity index (χ0n) is 11.8. The second-order valence-electron chi connectivity index (χ2n) is 4.89. The maximum Gasteiger partial charge on any atom is 0.0955 e. The van der Waals surface area contributed by atoms with Gasteiger partial charge in [0.25, 0.3) is 0 Å². The summed E-state index contributed by atoms with van der Waals surface area (Å²) in [6, 6.07) is 4.34. The van der Waals surface area contributed by atoms with Crippen LogP contribution in [0.4, 0.5) is 0 Å². The van der Waals surface area contributed by atoms with Crippen LogP contribution >= 0.6 is 0 Å². The highest BCUT2D eigenvalue weighted by molar-refractivity contribution is 5.69. The van der Waals surface area contributed by atoms with Gasteiger partial charge in [-0.05, 0) is 57.0 Å². The molecule has 0 atom stereocenters. The van der Waals surface area contributed by atoms with E-state index in [-0.39, 0.29) is 0 Å². The third-order valence-corrected chi connectivity index (χ3v) is 3.78. The lowest BCUT2D eigenvalue weighted by atomic mass is 9.95. The Bertz CT molecular complexity index is 567. The van der Waals surface area contributed by atoms with Gasteiger partial charge in [0.05, 0.1) is 11.4 Å². The lowest BCUT2D eigenvalue weighted by Gasteiger charge is -2.10. The van der Waals surface area contributed by atoms with Gasteiger partial charge in [-0.2, -0.15) is 5.10 Å². The minimum absolute atomic E-state index is 0.822. The van der Waals surface area contributed by atoms with Crippen molar-refractivity contribution in [3.63, 3.8) is 0 Å². The molecule has 0 spiro atoms. The van der Waals surface area contributed by atoms with Crippen molar-refractivity contribution in [2.24, 2.45) is 0 Å². The average Bonchev–Trinajstić information content (AvgIpc) is 2.70. The van der Waals surface area contributed by atoms with Gasteiger partial charge < -0.3 is 5.32 Å². The molecule has 2 aromatic rings. The molecule has 1 aromatic heterocycles. The molecule has 1 aromatic carbocycles. The van der Waals surface area contributed by atoms with E-state index in [9.17, 15) is 0 Å². The summed E-state index contributed by atoms with van der Waals surface area (Å²) in [5.74, 6) is 0. The minimum Gasteiger partial charge on any atom is -0.314 e. The largest absolute Gasteiger partial charge is 0.314 e. The van der Waals surface area contributed by atoms with Crippen molar-refractivity contribution < 1.29 is 0 Å². The second kappa shape index (κ2) is 4.94. The third-order valence-electron chi connectivity index (χ3n) is 3.78. The van der Waals surface area contributed by atoms with Crippen LogP contribution in [0.5, 0.6) is 0 Å². The Kier molecular flexibility index (Phi) is 3.53. The SMILES string of the molecule is CNCc1[nH]nc(-c2ccc(C)c(C)c2C)c1C. The molecule has 3 nitrogen and oxygen atoms in total. The van der Waals surface area contributed by atoms with Crippen molar-refractivity contribution in [1.29, 1.82) is 0 Å². The lowest BCUT2D eigenvalue weighted by Crippen LogP contribution is -2.06. The highest BCUT2D eigenvalue weighted by Gasteiger charge is 2.13. The van der Waals surface area contributed by atoms with E-state index in [4.69, 9.17) is 0 Å². The van der Waals surface area contributed by atoms with Crippen LogP contribution in [0.15, 0.2) is 12.1 Å². The fourth-order valence-electron chi connectivity index (χ4n) is 2.26. The van der Waals surface area contributed by atoms with Crippen LogP contribution in [0.3, 0.4) is 0 Å². The molecule has 1 heterocycles. The summed E-state index contributed by atoms with van der Waals surface area (Å²) in [5.41, 5.74) is 8.70. The van der Waals surface area contributed by atoms with Crippen molar-refractivity contribution in [2.45, 2.75) is 34.2 Å². The van der Waals surface area contributed by atoms with Crippen molar-refractivity contribution in [3.05, 3.63) is 40.1 Å². The molecule has 3 heteroatoms. The molecular weight excluding hydrogens is 222 g/mol. The van der Waals surface area contributed by atoms with Gasteiger partial charge in [-0.3, -0.25) is 5.10 Å². The van der Waals surface area contributed by atoms with Gasteiger partial charge in [0.15, 0.2) is 0 Å². The summed E-state index contributed by atoms with van der Waals surface area (Å²) < 4.78 is 0. The van der Waals surface area contributed by atoms with E-state index in [2.05, 4.69) is 55.3 Å². The van der Waals surface area contributed by atoms with Crippen LogP contribution in [-0.4, -0.2) is 17.2 Å². The molecular formula is C15H21N3. The molecule has 0 amide bonds. The van der Waals surface area contributed by atoms with Crippen LogP contribution in [0.2, 0.25) is 0 Å². The number of H-pyrrole nitrogens is 1. The monoisotopic (exact) mass is 243 g/mol. The van der Waals surface area contributed by atoms with Gasteiger partial charge in [0.2, 0.25) is 0 Å². The van der Waals surface area contributed by atoms with Gasteiger partial charge in [0, 0.05) is 12.1 Å². The fourth-order valence-corrected chi connectivity index (χ4v) is 2.26. The van der Waals surface area contributed by atoms with Crippen molar-refractivity contribution in [3.8, 4) is 11.3 Å². The van der Waals surface area contributed by atoms with E-state index in [1.807, 2.05) is 7.05 Å². The van der Waals surface area contributed by atoms with Crippen LogP contribution in [0, 0.1) is 27.7 Å². The summed E-state index contributed by atoms with van der Waals surface area (Å²) in [6.45, 7) is 9.44. The maximum absolute atomic E-state index is 4.47. The molecule has 0 unspecified atom stereocenters. The molecule has 0 fully saturated rings. The number of aromatic nitrogens is 2. The van der Waals surface area contributed by atoms with Crippen LogP contribution in [0.1, 0.15) is 27.9 Å². The number of hydrogen-bond acceptors (Lipinski definition) is 2. The molecule has 0 aliphatic carbocycles. The zero-order chi connectivity index (χ0) is 13.3. The molecule has 2 rings (SSSR count). The predicted molar refractivity (Wildman–Crippen MR) is 75.7 cm³/mol. The van der Waals surface area contributed by atoms with Crippen molar-refractivity contribution >= 4 is 0 Å². The highest BCUT2D eigenvalue weighted by atomic mass is 15.1. The Labute approximate surface area is 109 Å².